The van der Waals surface area contributed by atoms with Crippen molar-refractivity contribution in [1.29, 1.82) is 10.5 Å². The van der Waals surface area contributed by atoms with Crippen LogP contribution < -0.4 is 0 Å². The van der Waals surface area contributed by atoms with Gasteiger partial charge in [-0.2, -0.15) is 10.5 Å². The monoisotopic (exact) mass is 648 g/mol. The Balaban J connectivity index is 1.31. The van der Waals surface area contributed by atoms with E-state index in [4.69, 9.17) is 6.57 Å². The summed E-state index contributed by atoms with van der Waals surface area (Å²) in [6.45, 7) is 7.89. The molecule has 0 fully saturated rings. The summed E-state index contributed by atoms with van der Waals surface area (Å²) >= 11 is 0. The lowest BCUT2D eigenvalue weighted by molar-refractivity contribution is 1.13. The number of nitrogens with zero attached hydrogens (tertiary/aromatic N) is 6. The molecule has 7 aromatic carbocycles. The van der Waals surface area contributed by atoms with Crippen molar-refractivity contribution < 1.29 is 0 Å². The van der Waals surface area contributed by atoms with Crippen molar-refractivity contribution in [3.8, 4) is 29.2 Å². The highest BCUT2D eigenvalue weighted by Crippen LogP contribution is 2.43. The highest BCUT2D eigenvalue weighted by atomic mass is 15.0. The Morgan fingerprint density at radius 1 is 0.431 bits per heavy atom. The Labute approximate surface area is 291 Å². The molecule has 0 radical (unpaired) electrons. The predicted octanol–water partition coefficient (Wildman–Crippen LogP) is 11.3. The number of fused-ring (bicyclic) bond motifs is 10. The van der Waals surface area contributed by atoms with Crippen molar-refractivity contribution >= 4 is 71.1 Å². The Bertz CT molecular complexity index is 3150. The zero-order chi connectivity index (χ0) is 34.2. The maximum absolute atomic E-state index is 9.70. The van der Waals surface area contributed by atoms with Gasteiger partial charge in [-0.3, -0.25) is 0 Å². The molecule has 51 heavy (non-hydrogen) atoms. The molecule has 10 rings (SSSR count). The fraction of sp³-hybridized carbons (Fsp3) is 0. The highest BCUT2D eigenvalue weighted by molar-refractivity contribution is 6.26. The highest BCUT2D eigenvalue weighted by Gasteiger charge is 2.22. The standard InChI is InChI=1S/C45H24N6/c1-48-30-16-20-42-38(24-30)44-43(21-17-35-34-12-5-6-13-39(34)51(45(35)44)31-8-3-2-4-9-31)50(42)33-11-7-10-32(25-33)49-40-18-14-28(26-46)22-36(40)37-23-29(27-47)15-19-41(37)49/h2-25H. The number of benzene rings is 7. The van der Waals surface area contributed by atoms with Crippen LogP contribution in [0.25, 0.3) is 87.3 Å². The molecule has 0 saturated heterocycles. The average Bonchev–Trinajstić information content (AvgIpc) is 3.82. The van der Waals surface area contributed by atoms with E-state index in [1.54, 1.807) is 0 Å². The van der Waals surface area contributed by atoms with Gasteiger partial charge < -0.3 is 13.7 Å². The third-order valence-electron chi connectivity index (χ3n) is 10.1. The lowest BCUT2D eigenvalue weighted by atomic mass is 10.1. The first-order chi connectivity index (χ1) is 25.2. The summed E-state index contributed by atoms with van der Waals surface area (Å²) < 4.78 is 6.84. The van der Waals surface area contributed by atoms with Crippen LogP contribution in [0, 0.1) is 29.2 Å². The van der Waals surface area contributed by atoms with Crippen LogP contribution in [0.1, 0.15) is 11.1 Å². The van der Waals surface area contributed by atoms with Crippen molar-refractivity contribution in [3.05, 3.63) is 168 Å². The van der Waals surface area contributed by atoms with Gasteiger partial charge in [0.25, 0.3) is 0 Å². The lowest BCUT2D eigenvalue weighted by Gasteiger charge is -2.13. The number of para-hydroxylation sites is 2. The molecule has 0 spiro atoms. The summed E-state index contributed by atoms with van der Waals surface area (Å²) in [4.78, 5) is 3.83. The predicted molar refractivity (Wildman–Crippen MR) is 205 cm³/mol. The third kappa shape index (κ3) is 4.01. The van der Waals surface area contributed by atoms with Gasteiger partial charge >= 0.3 is 0 Å². The van der Waals surface area contributed by atoms with Crippen molar-refractivity contribution in [2.45, 2.75) is 0 Å². The summed E-state index contributed by atoms with van der Waals surface area (Å²) in [5.41, 5.74) is 10.9. The molecule has 0 unspecified atom stereocenters. The molecule has 0 bridgehead atoms. The molecule has 3 heterocycles. The van der Waals surface area contributed by atoms with E-state index in [0.29, 0.717) is 16.8 Å². The second-order valence-corrected chi connectivity index (χ2v) is 12.7. The Kier molecular flexibility index (Phi) is 5.97. The van der Waals surface area contributed by atoms with Gasteiger partial charge in [0.15, 0.2) is 5.69 Å². The first-order valence-electron chi connectivity index (χ1n) is 16.6. The Hall–Kier alpha value is -7.59. The van der Waals surface area contributed by atoms with E-state index in [-0.39, 0.29) is 0 Å². The van der Waals surface area contributed by atoms with Crippen molar-refractivity contribution in [1.82, 2.24) is 13.7 Å². The molecular weight excluding hydrogens is 625 g/mol. The average molecular weight is 649 g/mol. The van der Waals surface area contributed by atoms with Gasteiger partial charge in [0.1, 0.15) is 0 Å². The van der Waals surface area contributed by atoms with Crippen molar-refractivity contribution in [3.63, 3.8) is 0 Å². The number of aromatic nitrogens is 3. The minimum Gasteiger partial charge on any atom is -0.309 e. The molecule has 6 nitrogen and oxygen atoms in total. The first-order valence-corrected chi connectivity index (χ1v) is 16.6. The Morgan fingerprint density at radius 3 is 1.69 bits per heavy atom. The van der Waals surface area contributed by atoms with E-state index < -0.39 is 0 Å². The molecule has 0 aliphatic rings. The first kappa shape index (κ1) is 28.4. The smallest absolute Gasteiger partial charge is 0.188 e. The number of nitriles is 2. The number of rotatable bonds is 3. The van der Waals surface area contributed by atoms with Gasteiger partial charge in [-0.05, 0) is 96.4 Å². The normalized spacial score (nSPS) is 11.5. The Morgan fingerprint density at radius 2 is 1.00 bits per heavy atom. The quantitative estimate of drug-likeness (QED) is 0.179. The van der Waals surface area contributed by atoms with Crippen LogP contribution in [0.15, 0.2) is 146 Å². The zero-order valence-corrected chi connectivity index (χ0v) is 27.0. The molecule has 6 heteroatoms. The molecule has 234 valence electrons. The molecular formula is C45H24N6. The largest absolute Gasteiger partial charge is 0.309 e. The van der Waals surface area contributed by atoms with E-state index in [9.17, 15) is 10.5 Å². The van der Waals surface area contributed by atoms with Gasteiger partial charge in [0.05, 0.1) is 62.9 Å². The van der Waals surface area contributed by atoms with Crippen molar-refractivity contribution in [2.24, 2.45) is 0 Å². The van der Waals surface area contributed by atoms with E-state index in [2.05, 4.69) is 122 Å². The minimum absolute atomic E-state index is 0.570. The second-order valence-electron chi connectivity index (χ2n) is 12.7. The zero-order valence-electron chi connectivity index (χ0n) is 27.0. The fourth-order valence-electron chi connectivity index (χ4n) is 7.95. The topological polar surface area (TPSA) is 66.7 Å². The summed E-state index contributed by atoms with van der Waals surface area (Å²) in [6, 6.07) is 53.8. The fourth-order valence-corrected chi connectivity index (χ4v) is 7.95. The lowest BCUT2D eigenvalue weighted by Crippen LogP contribution is -1.99. The maximum atomic E-state index is 9.70. The maximum Gasteiger partial charge on any atom is 0.188 e. The van der Waals surface area contributed by atoms with E-state index in [0.717, 1.165) is 77.1 Å². The minimum atomic E-state index is 0.570. The molecule has 0 amide bonds. The van der Waals surface area contributed by atoms with E-state index >= 15 is 0 Å². The molecule has 3 aromatic heterocycles. The molecule has 0 atom stereocenters. The summed E-state index contributed by atoms with van der Waals surface area (Å²) in [6.07, 6.45) is 0. The SMILES string of the molecule is [C-]#[N+]c1ccc2c(c1)c1c(ccc3c4ccccc4n(-c4ccccc4)c31)n2-c1cccc(-n2c3ccc(C#N)cc3c3cc(C#N)ccc32)c1. The molecule has 10 aromatic rings. The van der Waals surface area contributed by atoms with Gasteiger partial charge in [-0.25, -0.2) is 4.85 Å². The number of hydrogen-bond acceptors (Lipinski definition) is 2. The molecule has 0 aliphatic carbocycles. The second kappa shape index (κ2) is 10.7. The van der Waals surface area contributed by atoms with Crippen molar-refractivity contribution in [2.75, 3.05) is 0 Å². The number of hydrogen-bond donors (Lipinski definition) is 0. The van der Waals surface area contributed by atoms with Gasteiger partial charge in [-0.1, -0.05) is 54.6 Å². The van der Waals surface area contributed by atoms with Gasteiger partial charge in [-0.15, -0.1) is 0 Å². The van der Waals surface area contributed by atoms with Crippen LogP contribution in [0.3, 0.4) is 0 Å². The summed E-state index contributed by atoms with van der Waals surface area (Å²) in [5, 5.41) is 25.7. The molecule has 0 N–H and O–H groups in total. The van der Waals surface area contributed by atoms with E-state index in [1.807, 2.05) is 54.6 Å². The van der Waals surface area contributed by atoms with Crippen LogP contribution in [0.5, 0.6) is 0 Å². The summed E-state index contributed by atoms with van der Waals surface area (Å²) in [5.74, 6) is 0. The third-order valence-corrected chi connectivity index (χ3v) is 10.1. The molecule has 0 aliphatic heterocycles. The van der Waals surface area contributed by atoms with Gasteiger partial charge in [0, 0.05) is 44.0 Å². The van der Waals surface area contributed by atoms with Crippen LogP contribution in [-0.2, 0) is 0 Å². The van der Waals surface area contributed by atoms with Gasteiger partial charge in [0.2, 0.25) is 0 Å². The van der Waals surface area contributed by atoms with Crippen LogP contribution in [0.2, 0.25) is 0 Å². The summed E-state index contributed by atoms with van der Waals surface area (Å²) in [7, 11) is 0. The van der Waals surface area contributed by atoms with Crippen LogP contribution in [-0.4, -0.2) is 13.7 Å². The van der Waals surface area contributed by atoms with Crippen LogP contribution in [0.4, 0.5) is 5.69 Å². The van der Waals surface area contributed by atoms with Crippen LogP contribution >= 0.6 is 0 Å². The van der Waals surface area contributed by atoms with E-state index in [1.165, 1.54) is 5.39 Å². The molecule has 0 saturated carbocycles.